The third-order valence-electron chi connectivity index (χ3n) is 2.31. The SMILES string of the molecule is Cc1c(CO)ccc2cccnc12. The average Bonchev–Trinajstić information content (AvgIpc) is 2.19. The maximum atomic E-state index is 9.05. The lowest BCUT2D eigenvalue weighted by atomic mass is 10.1. The Bertz CT molecular complexity index is 437. The van der Waals surface area contributed by atoms with Crippen LogP contribution >= 0.6 is 0 Å². The predicted octanol–water partition coefficient (Wildman–Crippen LogP) is 2.04. The molecule has 2 nitrogen and oxygen atoms in total. The number of hydrogen-bond acceptors (Lipinski definition) is 2. The highest BCUT2D eigenvalue weighted by atomic mass is 16.3. The van der Waals surface area contributed by atoms with E-state index in [9.17, 15) is 0 Å². The van der Waals surface area contributed by atoms with Gasteiger partial charge in [-0.25, -0.2) is 0 Å². The number of aliphatic hydroxyl groups excluding tert-OH is 1. The van der Waals surface area contributed by atoms with Crippen LogP contribution in [-0.4, -0.2) is 10.1 Å². The fraction of sp³-hybridized carbons (Fsp3) is 0.182. The topological polar surface area (TPSA) is 33.1 Å². The number of rotatable bonds is 1. The highest BCUT2D eigenvalue weighted by Gasteiger charge is 2.02. The summed E-state index contributed by atoms with van der Waals surface area (Å²) >= 11 is 0. The van der Waals surface area contributed by atoms with Gasteiger partial charge in [-0.05, 0) is 24.1 Å². The van der Waals surface area contributed by atoms with Crippen molar-refractivity contribution in [1.82, 2.24) is 4.98 Å². The van der Waals surface area contributed by atoms with Gasteiger partial charge in [0.1, 0.15) is 0 Å². The molecule has 0 atom stereocenters. The molecule has 0 radical (unpaired) electrons. The quantitative estimate of drug-likeness (QED) is 0.715. The van der Waals surface area contributed by atoms with Gasteiger partial charge in [0.15, 0.2) is 0 Å². The Labute approximate surface area is 76.9 Å². The average molecular weight is 173 g/mol. The fourth-order valence-electron chi connectivity index (χ4n) is 1.50. The molecule has 2 heteroatoms. The van der Waals surface area contributed by atoms with Gasteiger partial charge in [-0.15, -0.1) is 0 Å². The number of fused-ring (bicyclic) bond motifs is 1. The second kappa shape index (κ2) is 3.15. The molecule has 0 aliphatic heterocycles. The highest BCUT2D eigenvalue weighted by Crippen LogP contribution is 2.19. The third-order valence-corrected chi connectivity index (χ3v) is 2.31. The zero-order chi connectivity index (χ0) is 9.26. The van der Waals surface area contributed by atoms with Gasteiger partial charge in [0.25, 0.3) is 0 Å². The first-order valence-corrected chi connectivity index (χ1v) is 4.27. The van der Waals surface area contributed by atoms with E-state index in [0.717, 1.165) is 22.0 Å². The molecule has 0 aliphatic rings. The van der Waals surface area contributed by atoms with Crippen LogP contribution in [0.4, 0.5) is 0 Å². The number of nitrogens with zero attached hydrogens (tertiary/aromatic N) is 1. The van der Waals surface area contributed by atoms with E-state index < -0.39 is 0 Å². The second-order valence-electron chi connectivity index (χ2n) is 3.08. The van der Waals surface area contributed by atoms with Gasteiger partial charge >= 0.3 is 0 Å². The summed E-state index contributed by atoms with van der Waals surface area (Å²) in [5.41, 5.74) is 3.00. The first-order valence-electron chi connectivity index (χ1n) is 4.27. The molecule has 0 saturated heterocycles. The molecule has 0 amide bonds. The van der Waals surface area contributed by atoms with Crippen molar-refractivity contribution in [2.45, 2.75) is 13.5 Å². The summed E-state index contributed by atoms with van der Waals surface area (Å²) in [4.78, 5) is 4.28. The Morgan fingerprint density at radius 1 is 1.31 bits per heavy atom. The molecular formula is C11H11NO. The largest absolute Gasteiger partial charge is 0.392 e. The Morgan fingerprint density at radius 3 is 2.92 bits per heavy atom. The molecule has 0 spiro atoms. The van der Waals surface area contributed by atoms with Crippen LogP contribution < -0.4 is 0 Å². The van der Waals surface area contributed by atoms with E-state index in [1.54, 1.807) is 6.20 Å². The van der Waals surface area contributed by atoms with Crippen LogP contribution in [0.5, 0.6) is 0 Å². The van der Waals surface area contributed by atoms with Crippen LogP contribution in [0.3, 0.4) is 0 Å². The summed E-state index contributed by atoms with van der Waals surface area (Å²) in [7, 11) is 0. The van der Waals surface area contributed by atoms with Crippen LogP contribution in [0, 0.1) is 6.92 Å². The fourth-order valence-corrected chi connectivity index (χ4v) is 1.50. The molecule has 0 unspecified atom stereocenters. The third kappa shape index (κ3) is 1.29. The zero-order valence-corrected chi connectivity index (χ0v) is 7.49. The molecule has 1 heterocycles. The molecule has 2 aromatic rings. The van der Waals surface area contributed by atoms with E-state index >= 15 is 0 Å². The number of aromatic nitrogens is 1. The monoisotopic (exact) mass is 173 g/mol. The van der Waals surface area contributed by atoms with Gasteiger partial charge in [0.05, 0.1) is 12.1 Å². The van der Waals surface area contributed by atoms with Crippen LogP contribution in [0.15, 0.2) is 30.5 Å². The van der Waals surface area contributed by atoms with E-state index in [-0.39, 0.29) is 6.61 Å². The van der Waals surface area contributed by atoms with E-state index in [1.165, 1.54) is 0 Å². The molecular weight excluding hydrogens is 162 g/mol. The lowest BCUT2D eigenvalue weighted by molar-refractivity contribution is 0.281. The van der Waals surface area contributed by atoms with E-state index in [2.05, 4.69) is 4.98 Å². The van der Waals surface area contributed by atoms with E-state index in [0.29, 0.717) is 0 Å². The van der Waals surface area contributed by atoms with Crippen LogP contribution in [0.2, 0.25) is 0 Å². The lowest BCUT2D eigenvalue weighted by Crippen LogP contribution is -1.91. The van der Waals surface area contributed by atoms with Gasteiger partial charge < -0.3 is 5.11 Å². The maximum absolute atomic E-state index is 9.05. The molecule has 1 N–H and O–H groups in total. The lowest BCUT2D eigenvalue weighted by Gasteiger charge is -2.05. The van der Waals surface area contributed by atoms with Gasteiger partial charge in [0.2, 0.25) is 0 Å². The predicted molar refractivity (Wildman–Crippen MR) is 52.4 cm³/mol. The molecule has 0 aliphatic carbocycles. The van der Waals surface area contributed by atoms with Crippen LogP contribution in [0.1, 0.15) is 11.1 Å². The van der Waals surface area contributed by atoms with Crippen LogP contribution in [-0.2, 0) is 6.61 Å². The van der Waals surface area contributed by atoms with Crippen LogP contribution in [0.25, 0.3) is 10.9 Å². The second-order valence-corrected chi connectivity index (χ2v) is 3.08. The van der Waals surface area contributed by atoms with Crippen molar-refractivity contribution >= 4 is 10.9 Å². The van der Waals surface area contributed by atoms with Crippen molar-refractivity contribution in [2.24, 2.45) is 0 Å². The Kier molecular flexibility index (Phi) is 1.99. The number of aryl methyl sites for hydroxylation is 1. The van der Waals surface area contributed by atoms with Crippen molar-refractivity contribution in [3.8, 4) is 0 Å². The zero-order valence-electron chi connectivity index (χ0n) is 7.49. The number of aliphatic hydroxyl groups is 1. The van der Waals surface area contributed by atoms with Crippen molar-refractivity contribution < 1.29 is 5.11 Å². The molecule has 0 fully saturated rings. The van der Waals surface area contributed by atoms with Gasteiger partial charge in [-0.1, -0.05) is 18.2 Å². The van der Waals surface area contributed by atoms with Gasteiger partial charge in [-0.3, -0.25) is 4.98 Å². The minimum Gasteiger partial charge on any atom is -0.392 e. The summed E-state index contributed by atoms with van der Waals surface area (Å²) in [5, 5.41) is 10.2. The minimum absolute atomic E-state index is 0.0817. The Morgan fingerprint density at radius 2 is 2.15 bits per heavy atom. The first kappa shape index (κ1) is 8.20. The highest BCUT2D eigenvalue weighted by molar-refractivity contribution is 5.82. The molecule has 1 aromatic carbocycles. The number of pyridine rings is 1. The first-order chi connectivity index (χ1) is 6.33. The van der Waals surface area contributed by atoms with Gasteiger partial charge in [-0.2, -0.15) is 0 Å². The summed E-state index contributed by atoms with van der Waals surface area (Å²) in [6, 6.07) is 7.87. The Hall–Kier alpha value is -1.41. The summed E-state index contributed by atoms with van der Waals surface area (Å²) in [6.45, 7) is 2.07. The van der Waals surface area contributed by atoms with E-state index in [4.69, 9.17) is 5.11 Å². The van der Waals surface area contributed by atoms with Crippen molar-refractivity contribution in [1.29, 1.82) is 0 Å². The standard InChI is InChI=1S/C11H11NO/c1-8-10(7-13)5-4-9-3-2-6-12-11(8)9/h2-6,13H,7H2,1H3. The normalized spacial score (nSPS) is 10.6. The van der Waals surface area contributed by atoms with E-state index in [1.807, 2.05) is 31.2 Å². The molecule has 66 valence electrons. The van der Waals surface area contributed by atoms with Crippen molar-refractivity contribution in [3.05, 3.63) is 41.6 Å². The smallest absolute Gasteiger partial charge is 0.0734 e. The minimum atomic E-state index is 0.0817. The molecule has 13 heavy (non-hydrogen) atoms. The van der Waals surface area contributed by atoms with Crippen molar-refractivity contribution in [3.63, 3.8) is 0 Å². The summed E-state index contributed by atoms with van der Waals surface area (Å²) in [5.74, 6) is 0. The summed E-state index contributed by atoms with van der Waals surface area (Å²) < 4.78 is 0. The van der Waals surface area contributed by atoms with Gasteiger partial charge in [0, 0.05) is 11.6 Å². The Balaban J connectivity index is 2.79. The molecule has 0 bridgehead atoms. The maximum Gasteiger partial charge on any atom is 0.0734 e. The number of hydrogen-bond donors (Lipinski definition) is 1. The number of benzene rings is 1. The molecule has 2 rings (SSSR count). The summed E-state index contributed by atoms with van der Waals surface area (Å²) in [6.07, 6.45) is 1.77. The molecule has 0 saturated carbocycles. The van der Waals surface area contributed by atoms with Crippen molar-refractivity contribution in [2.75, 3.05) is 0 Å². The molecule has 1 aromatic heterocycles.